The Morgan fingerprint density at radius 1 is 0.656 bits per heavy atom. The van der Waals surface area contributed by atoms with Crippen molar-refractivity contribution >= 4 is 132 Å². The molecule has 0 saturated heterocycles. The van der Waals surface area contributed by atoms with E-state index in [1.54, 1.807) is 0 Å². The Balaban J connectivity index is 2.07. The van der Waals surface area contributed by atoms with E-state index in [4.69, 9.17) is 105 Å². The van der Waals surface area contributed by atoms with Crippen molar-refractivity contribution in [1.82, 2.24) is 0 Å². The van der Waals surface area contributed by atoms with Gasteiger partial charge < -0.3 is 0 Å². The topological polar surface area (TPSA) is 0 Å². The van der Waals surface area contributed by atoms with E-state index in [1.807, 2.05) is 60.7 Å². The zero-order valence-corrected chi connectivity index (χ0v) is 24.7. The van der Waals surface area contributed by atoms with Crippen LogP contribution in [0.4, 0.5) is 0 Å². The van der Waals surface area contributed by atoms with Crippen molar-refractivity contribution in [3.8, 4) is 0 Å². The molecule has 0 amide bonds. The summed E-state index contributed by atoms with van der Waals surface area (Å²) in [7, 11) is 0. The molecule has 0 N–H and O–H groups in total. The molecule has 0 fully saturated rings. The van der Waals surface area contributed by atoms with E-state index in [1.165, 1.54) is 23.5 Å². The van der Waals surface area contributed by atoms with Gasteiger partial charge in [0.1, 0.15) is 3.53 Å². The van der Waals surface area contributed by atoms with Crippen LogP contribution in [0.3, 0.4) is 0 Å². The van der Waals surface area contributed by atoms with Crippen molar-refractivity contribution in [2.45, 2.75) is 30.2 Å². The number of hydrogen-bond donors (Lipinski definition) is 0. The first kappa shape index (κ1) is 29.8. The molecule has 0 radical (unpaired) electrons. The fourth-order valence-electron chi connectivity index (χ4n) is 2.91. The molecule has 2 aromatic rings. The van der Waals surface area contributed by atoms with Crippen LogP contribution in [0.5, 0.6) is 0 Å². The molecule has 0 nitrogen and oxygen atoms in total. The first-order valence-corrected chi connectivity index (χ1v) is 14.7. The molecule has 0 bridgehead atoms. The van der Waals surface area contributed by atoms with Gasteiger partial charge in [-0.2, -0.15) is 0 Å². The molecule has 2 rings (SSSR count). The number of hydrogen-bond acceptors (Lipinski definition) is 3. The zero-order valence-electron chi connectivity index (χ0n) is 16.2. The highest BCUT2D eigenvalue weighted by atomic mass is 35.6. The molecule has 0 spiro atoms. The maximum absolute atomic E-state index is 6.52. The van der Waals surface area contributed by atoms with Crippen molar-refractivity contribution in [2.24, 2.45) is 0 Å². The van der Waals surface area contributed by atoms with Gasteiger partial charge in [0, 0.05) is 23.3 Å². The predicted molar refractivity (Wildman–Crippen MR) is 156 cm³/mol. The minimum absolute atomic E-state index is 0.221. The molecule has 11 heteroatoms. The molecule has 4 unspecified atom stereocenters. The second-order valence-electron chi connectivity index (χ2n) is 6.79. The second-order valence-corrected chi connectivity index (χ2v) is 15.7. The quantitative estimate of drug-likeness (QED) is 0.206. The summed E-state index contributed by atoms with van der Waals surface area (Å²) in [6.45, 7) is 0. The van der Waals surface area contributed by atoms with Gasteiger partial charge in [0.25, 0.3) is 0 Å². The van der Waals surface area contributed by atoms with E-state index >= 15 is 0 Å². The lowest BCUT2D eigenvalue weighted by atomic mass is 9.98. The van der Waals surface area contributed by atoms with Gasteiger partial charge in [-0.1, -0.05) is 142 Å². The molecule has 0 aliphatic rings. The third-order valence-electron chi connectivity index (χ3n) is 4.55. The first-order chi connectivity index (χ1) is 14.9. The van der Waals surface area contributed by atoms with Gasteiger partial charge in [-0.25, -0.2) is 0 Å². The number of benzene rings is 2. The van der Waals surface area contributed by atoms with Crippen LogP contribution in [-0.4, -0.2) is 33.4 Å². The van der Waals surface area contributed by atoms with E-state index in [0.29, 0.717) is 15.0 Å². The van der Waals surface area contributed by atoms with Crippen LogP contribution in [0.25, 0.3) is 0 Å². The van der Waals surface area contributed by atoms with E-state index in [-0.39, 0.29) is 11.8 Å². The summed E-state index contributed by atoms with van der Waals surface area (Å²) in [6, 6.07) is 19.3. The van der Waals surface area contributed by atoms with Gasteiger partial charge in [-0.15, -0.1) is 46.7 Å². The van der Waals surface area contributed by atoms with E-state index < -0.39 is 18.3 Å². The highest BCUT2D eigenvalue weighted by molar-refractivity contribution is 8.47. The second kappa shape index (κ2) is 13.7. The zero-order chi connectivity index (χ0) is 23.9. The average molecular weight is 650 g/mol. The SMILES string of the molecule is S=C(SCC(c1ccccc1)C(Cl)C(Cl)(Cl)Cl)SCC(c1ccccc1)C(Cl)C(Cl)(Cl)Cl. The van der Waals surface area contributed by atoms with Gasteiger partial charge >= 0.3 is 0 Å². The lowest BCUT2D eigenvalue weighted by Gasteiger charge is -2.28. The van der Waals surface area contributed by atoms with Crippen LogP contribution >= 0.6 is 129 Å². The fourth-order valence-corrected chi connectivity index (χ4v) is 7.06. The third-order valence-corrected chi connectivity index (χ3v) is 10.8. The lowest BCUT2D eigenvalue weighted by molar-refractivity contribution is 0.714. The van der Waals surface area contributed by atoms with Crippen LogP contribution in [0, 0.1) is 0 Å². The summed E-state index contributed by atoms with van der Waals surface area (Å²) in [5.41, 5.74) is 1.94. The molecule has 0 aliphatic heterocycles. The molecule has 2 aromatic carbocycles. The van der Waals surface area contributed by atoms with Gasteiger partial charge in [-0.3, -0.25) is 0 Å². The summed E-state index contributed by atoms with van der Waals surface area (Å²) in [4.78, 5) is 0. The van der Waals surface area contributed by atoms with Crippen LogP contribution < -0.4 is 0 Å². The predicted octanol–water partition coefficient (Wildman–Crippen LogP) is 10.3. The summed E-state index contributed by atoms with van der Waals surface area (Å²) < 4.78 is -2.54. The minimum Gasteiger partial charge on any atom is -0.118 e. The van der Waals surface area contributed by atoms with Crippen LogP contribution in [0.2, 0.25) is 0 Å². The Kier molecular flexibility index (Phi) is 12.8. The third kappa shape index (κ3) is 9.54. The molecule has 176 valence electrons. The minimum atomic E-state index is -1.62. The Morgan fingerprint density at radius 2 is 0.969 bits per heavy atom. The first-order valence-electron chi connectivity index (χ1n) is 9.22. The number of rotatable bonds is 8. The summed E-state index contributed by atoms with van der Waals surface area (Å²) >= 11 is 58.1. The Hall–Kier alpha value is 1.55. The normalized spacial score (nSPS) is 16.2. The van der Waals surface area contributed by atoms with Crippen LogP contribution in [0.1, 0.15) is 23.0 Å². The average Bonchev–Trinajstić information content (AvgIpc) is 2.74. The van der Waals surface area contributed by atoms with Gasteiger partial charge in [0.05, 0.1) is 10.8 Å². The molecular weight excluding hydrogens is 632 g/mol. The van der Waals surface area contributed by atoms with Crippen LogP contribution in [0.15, 0.2) is 60.7 Å². The molecule has 32 heavy (non-hydrogen) atoms. The van der Waals surface area contributed by atoms with Crippen molar-refractivity contribution in [3.05, 3.63) is 71.8 Å². The Bertz CT molecular complexity index is 770. The van der Waals surface area contributed by atoms with E-state index in [9.17, 15) is 0 Å². The summed E-state index contributed by atoms with van der Waals surface area (Å²) in [6.07, 6.45) is 0. The molecular formula is C21H18Cl8S3. The lowest BCUT2D eigenvalue weighted by Crippen LogP contribution is -2.29. The highest BCUT2D eigenvalue weighted by Gasteiger charge is 2.39. The Morgan fingerprint density at radius 3 is 1.25 bits per heavy atom. The van der Waals surface area contributed by atoms with Crippen LogP contribution in [-0.2, 0) is 0 Å². The smallest absolute Gasteiger partial charge is 0.118 e. The molecule has 0 heterocycles. The van der Waals surface area contributed by atoms with E-state index in [2.05, 4.69) is 0 Å². The maximum Gasteiger partial charge on any atom is 0.207 e. The van der Waals surface area contributed by atoms with Crippen molar-refractivity contribution in [2.75, 3.05) is 11.5 Å². The fraction of sp³-hybridized carbons (Fsp3) is 0.381. The molecule has 0 aromatic heterocycles. The molecule has 0 aliphatic carbocycles. The maximum atomic E-state index is 6.52. The summed E-state index contributed by atoms with van der Waals surface area (Å²) in [5, 5.41) is -1.47. The van der Waals surface area contributed by atoms with Crippen molar-refractivity contribution < 1.29 is 0 Å². The Labute approximate surface area is 243 Å². The number of halogens is 8. The van der Waals surface area contributed by atoms with Gasteiger partial charge in [0.2, 0.25) is 7.59 Å². The highest BCUT2D eigenvalue weighted by Crippen LogP contribution is 2.45. The van der Waals surface area contributed by atoms with E-state index in [0.717, 1.165) is 11.1 Å². The van der Waals surface area contributed by atoms with Gasteiger partial charge in [0.15, 0.2) is 0 Å². The molecule has 0 saturated carbocycles. The van der Waals surface area contributed by atoms with Gasteiger partial charge in [-0.05, 0) is 11.1 Å². The number of alkyl halides is 8. The largest absolute Gasteiger partial charge is 0.207 e. The monoisotopic (exact) mass is 646 g/mol. The standard InChI is InChI=1S/C21H18Cl8S3/c22-17(20(24,25)26)15(13-7-3-1-4-8-13)11-31-19(30)32-12-16(18(23)21(27,28)29)14-9-5-2-6-10-14/h1-10,15-18H,11-12H2. The number of thiocarbonyl (C=S) groups is 1. The molecule has 4 atom stereocenters. The number of thioether (sulfide) groups is 2. The van der Waals surface area contributed by atoms with Crippen molar-refractivity contribution in [3.63, 3.8) is 0 Å². The summed E-state index contributed by atoms with van der Waals surface area (Å²) in [5.74, 6) is 0.646. The van der Waals surface area contributed by atoms with Crippen molar-refractivity contribution in [1.29, 1.82) is 0 Å².